The zero-order valence-corrected chi connectivity index (χ0v) is 17.6. The minimum absolute atomic E-state index is 0.000476. The Morgan fingerprint density at radius 1 is 1.26 bits per heavy atom. The van der Waals surface area contributed by atoms with E-state index in [2.05, 4.69) is 15.7 Å². The van der Waals surface area contributed by atoms with Crippen LogP contribution >= 0.6 is 23.2 Å². The van der Waals surface area contributed by atoms with Gasteiger partial charge in [-0.2, -0.15) is 18.3 Å². The molecule has 1 aliphatic rings. The fourth-order valence-corrected chi connectivity index (χ4v) is 4.19. The third kappa shape index (κ3) is 4.30. The van der Waals surface area contributed by atoms with Crippen molar-refractivity contribution in [2.45, 2.75) is 18.1 Å². The van der Waals surface area contributed by atoms with Crippen molar-refractivity contribution in [3.8, 4) is 11.3 Å². The molecule has 2 atom stereocenters. The Balaban J connectivity index is 1.51. The van der Waals surface area contributed by atoms with E-state index < -0.39 is 17.6 Å². The maximum absolute atomic E-state index is 12.8. The number of hydrogen-bond acceptors (Lipinski definition) is 4. The van der Waals surface area contributed by atoms with E-state index >= 15 is 0 Å². The molecule has 3 heterocycles. The van der Waals surface area contributed by atoms with Gasteiger partial charge in [0.1, 0.15) is 0 Å². The third-order valence-electron chi connectivity index (χ3n) is 5.26. The summed E-state index contributed by atoms with van der Waals surface area (Å²) < 4.78 is 45.4. The first-order valence-corrected chi connectivity index (χ1v) is 10.1. The summed E-state index contributed by atoms with van der Waals surface area (Å²) in [6, 6.07) is 6.11. The predicted molar refractivity (Wildman–Crippen MR) is 109 cm³/mol. The lowest BCUT2D eigenvalue weighted by Crippen LogP contribution is -2.39. The number of alkyl halides is 3. The molecule has 0 spiro atoms. The Kier molecular flexibility index (Phi) is 5.76. The van der Waals surface area contributed by atoms with E-state index in [4.69, 9.17) is 27.6 Å². The van der Waals surface area contributed by atoms with Gasteiger partial charge in [-0.1, -0.05) is 23.7 Å². The van der Waals surface area contributed by atoms with Crippen molar-refractivity contribution in [2.24, 2.45) is 7.05 Å². The topological polar surface area (TPSA) is 72.1 Å². The van der Waals surface area contributed by atoms with Crippen LogP contribution in [-0.2, 0) is 13.2 Å². The Bertz CT molecular complexity index is 1090. The number of rotatable bonds is 4. The second kappa shape index (κ2) is 8.22. The number of halogens is 5. The average Bonchev–Trinajstić information content (AvgIpc) is 3.41. The molecule has 6 nitrogen and oxygen atoms in total. The summed E-state index contributed by atoms with van der Waals surface area (Å²) in [4.78, 5) is 12.8. The van der Waals surface area contributed by atoms with Crippen molar-refractivity contribution in [1.82, 2.24) is 20.4 Å². The highest BCUT2D eigenvalue weighted by Crippen LogP contribution is 2.36. The monoisotopic (exact) mass is 472 g/mol. The molecule has 2 N–H and O–H groups in total. The lowest BCUT2D eigenvalue weighted by Gasteiger charge is -2.20. The predicted octanol–water partition coefficient (Wildman–Crippen LogP) is 4.49. The van der Waals surface area contributed by atoms with Crippen molar-refractivity contribution in [3.05, 3.63) is 63.7 Å². The lowest BCUT2D eigenvalue weighted by molar-refractivity contribution is -0.137. The van der Waals surface area contributed by atoms with Gasteiger partial charge in [0.2, 0.25) is 5.22 Å². The number of hydrogen-bond donors (Lipinski definition) is 2. The highest BCUT2D eigenvalue weighted by molar-refractivity contribution is 6.35. The first-order valence-electron chi connectivity index (χ1n) is 9.31. The molecule has 0 aliphatic carbocycles. The molecule has 1 amide bonds. The molecule has 31 heavy (non-hydrogen) atoms. The molecule has 1 fully saturated rings. The standard InChI is InChI=1S/C20H17Cl2F3N4O2/c1-29-17(14(21)8-27-29)12-6-16(31-18(12)22)19(30)28-15-9-26-7-13(15)10-2-4-11(5-3-10)20(23,24)25/h2-6,8,13,15,26H,7,9H2,1H3,(H,28,30)/t13-,15+/m1/s1. The SMILES string of the molecule is Cn1ncc(Cl)c1-c1cc(C(=O)N[C@H]2CNC[C@@H]2c2ccc(C(F)(F)F)cc2)oc1Cl. The highest BCUT2D eigenvalue weighted by Gasteiger charge is 2.33. The zero-order chi connectivity index (χ0) is 22.3. The Hall–Kier alpha value is -2.49. The number of aryl methyl sites for hydroxylation is 1. The molecule has 2 aromatic heterocycles. The van der Waals surface area contributed by atoms with Gasteiger partial charge in [-0.3, -0.25) is 9.48 Å². The van der Waals surface area contributed by atoms with E-state index in [-0.39, 0.29) is 22.9 Å². The van der Waals surface area contributed by atoms with Gasteiger partial charge in [0.15, 0.2) is 5.76 Å². The van der Waals surface area contributed by atoms with Crippen molar-refractivity contribution in [1.29, 1.82) is 0 Å². The number of amides is 1. The normalized spacial score (nSPS) is 19.0. The number of aromatic nitrogens is 2. The summed E-state index contributed by atoms with van der Waals surface area (Å²) >= 11 is 12.3. The van der Waals surface area contributed by atoms with Crippen LogP contribution in [0.4, 0.5) is 13.2 Å². The summed E-state index contributed by atoms with van der Waals surface area (Å²) in [5.41, 5.74) is 0.929. The molecule has 4 rings (SSSR count). The van der Waals surface area contributed by atoms with Crippen LogP contribution in [0.3, 0.4) is 0 Å². The van der Waals surface area contributed by atoms with Crippen LogP contribution in [0.25, 0.3) is 11.3 Å². The van der Waals surface area contributed by atoms with Gasteiger partial charge in [0.25, 0.3) is 5.91 Å². The molecular formula is C20H17Cl2F3N4O2. The number of furan rings is 1. The van der Waals surface area contributed by atoms with Crippen molar-refractivity contribution in [2.75, 3.05) is 13.1 Å². The van der Waals surface area contributed by atoms with Crippen LogP contribution in [0.1, 0.15) is 27.6 Å². The minimum Gasteiger partial charge on any atom is -0.439 e. The fraction of sp³-hybridized carbons (Fsp3) is 0.300. The van der Waals surface area contributed by atoms with Gasteiger partial charge < -0.3 is 15.1 Å². The zero-order valence-electron chi connectivity index (χ0n) is 16.1. The van der Waals surface area contributed by atoms with Crippen molar-refractivity contribution in [3.63, 3.8) is 0 Å². The average molecular weight is 473 g/mol. The van der Waals surface area contributed by atoms with E-state index in [1.807, 2.05) is 0 Å². The molecule has 0 bridgehead atoms. The Labute approximate surface area is 185 Å². The van der Waals surface area contributed by atoms with Crippen LogP contribution in [-0.4, -0.2) is 34.8 Å². The number of benzene rings is 1. The summed E-state index contributed by atoms with van der Waals surface area (Å²) in [7, 11) is 1.68. The molecule has 11 heteroatoms. The summed E-state index contributed by atoms with van der Waals surface area (Å²) in [6.45, 7) is 0.984. The Morgan fingerprint density at radius 3 is 2.58 bits per heavy atom. The molecule has 1 saturated heterocycles. The number of carbonyl (C=O) groups excluding carboxylic acids is 1. The van der Waals surface area contributed by atoms with E-state index in [0.717, 1.165) is 12.1 Å². The fourth-order valence-electron chi connectivity index (χ4n) is 3.70. The molecule has 1 aromatic carbocycles. The maximum atomic E-state index is 12.8. The first-order chi connectivity index (χ1) is 14.6. The van der Waals surface area contributed by atoms with Gasteiger partial charge in [-0.25, -0.2) is 0 Å². The van der Waals surface area contributed by atoms with Gasteiger partial charge in [-0.05, 0) is 29.3 Å². The number of nitrogens with one attached hydrogen (secondary N) is 2. The minimum atomic E-state index is -4.40. The largest absolute Gasteiger partial charge is 0.439 e. The molecule has 0 radical (unpaired) electrons. The first kappa shape index (κ1) is 21.7. The third-order valence-corrected chi connectivity index (χ3v) is 5.81. The Morgan fingerprint density at radius 2 is 1.97 bits per heavy atom. The van der Waals surface area contributed by atoms with Gasteiger partial charge >= 0.3 is 6.18 Å². The van der Waals surface area contributed by atoms with Crippen LogP contribution in [0.5, 0.6) is 0 Å². The molecule has 1 aliphatic heterocycles. The molecule has 0 unspecified atom stereocenters. The summed E-state index contributed by atoms with van der Waals surface area (Å²) in [5.74, 6) is -0.685. The van der Waals surface area contributed by atoms with Crippen LogP contribution in [0, 0.1) is 0 Å². The van der Waals surface area contributed by atoms with Crippen LogP contribution in [0.2, 0.25) is 10.2 Å². The van der Waals surface area contributed by atoms with E-state index in [1.54, 1.807) is 7.05 Å². The van der Waals surface area contributed by atoms with Gasteiger partial charge in [0.05, 0.1) is 28.0 Å². The number of nitrogens with zero attached hydrogens (tertiary/aromatic N) is 2. The van der Waals surface area contributed by atoms with E-state index in [1.165, 1.54) is 29.1 Å². The van der Waals surface area contributed by atoms with E-state index in [9.17, 15) is 18.0 Å². The van der Waals surface area contributed by atoms with Crippen molar-refractivity contribution >= 4 is 29.1 Å². The molecular weight excluding hydrogens is 456 g/mol. The summed E-state index contributed by atoms with van der Waals surface area (Å²) in [5, 5.41) is 10.4. The molecule has 164 valence electrons. The van der Waals surface area contributed by atoms with Gasteiger partial charge in [-0.15, -0.1) is 0 Å². The molecule has 0 saturated carbocycles. The summed E-state index contributed by atoms with van der Waals surface area (Å²) in [6.07, 6.45) is -2.94. The highest BCUT2D eigenvalue weighted by atomic mass is 35.5. The van der Waals surface area contributed by atoms with Crippen LogP contribution < -0.4 is 10.6 Å². The molecule has 3 aromatic rings. The second-order valence-electron chi connectivity index (χ2n) is 7.23. The number of carbonyl (C=O) groups is 1. The van der Waals surface area contributed by atoms with Crippen LogP contribution in [0.15, 0.2) is 40.9 Å². The smallest absolute Gasteiger partial charge is 0.416 e. The lowest BCUT2D eigenvalue weighted by atomic mass is 9.93. The quantitative estimate of drug-likeness (QED) is 0.586. The second-order valence-corrected chi connectivity index (χ2v) is 7.98. The van der Waals surface area contributed by atoms with E-state index in [0.29, 0.717) is 34.9 Å². The van der Waals surface area contributed by atoms with Crippen molar-refractivity contribution < 1.29 is 22.4 Å². The van der Waals surface area contributed by atoms with Gasteiger partial charge in [0, 0.05) is 38.2 Å². The maximum Gasteiger partial charge on any atom is 0.416 e.